The highest BCUT2D eigenvalue weighted by Gasteiger charge is 2.33. The summed E-state index contributed by atoms with van der Waals surface area (Å²) in [6.07, 6.45) is 0. The van der Waals surface area contributed by atoms with Gasteiger partial charge in [0.15, 0.2) is 11.5 Å². The molecule has 2 aliphatic heterocycles. The van der Waals surface area contributed by atoms with Crippen molar-refractivity contribution in [2.75, 3.05) is 13.3 Å². The van der Waals surface area contributed by atoms with Crippen LogP contribution in [0.2, 0.25) is 0 Å². The maximum atomic E-state index is 13.1. The lowest BCUT2D eigenvalue weighted by atomic mass is 9.94. The van der Waals surface area contributed by atoms with Crippen molar-refractivity contribution in [1.82, 2.24) is 16.2 Å². The monoisotopic (exact) mass is 343 g/mol. The smallest absolute Gasteiger partial charge is 0.231 e. The van der Waals surface area contributed by atoms with Crippen molar-refractivity contribution < 1.29 is 18.7 Å². The van der Waals surface area contributed by atoms with Crippen molar-refractivity contribution in [3.05, 3.63) is 59.4 Å². The maximum absolute atomic E-state index is 13.1. The summed E-state index contributed by atoms with van der Waals surface area (Å²) in [5.74, 6) is 0.776. The second-order valence-electron chi connectivity index (χ2n) is 6.07. The van der Waals surface area contributed by atoms with E-state index in [2.05, 4.69) is 16.2 Å². The van der Waals surface area contributed by atoms with Crippen molar-refractivity contribution in [3.63, 3.8) is 0 Å². The van der Waals surface area contributed by atoms with E-state index in [1.54, 1.807) is 12.1 Å². The van der Waals surface area contributed by atoms with Gasteiger partial charge in [-0.1, -0.05) is 18.2 Å². The van der Waals surface area contributed by atoms with Crippen LogP contribution in [0.25, 0.3) is 0 Å². The average Bonchev–Trinajstić information content (AvgIpc) is 3.29. The summed E-state index contributed by atoms with van der Waals surface area (Å²) in [5.41, 5.74) is 7.90. The Morgan fingerprint density at radius 1 is 1.16 bits per heavy atom. The number of hydrogen-bond donors (Lipinski definition) is 3. The molecule has 2 aromatic carbocycles. The molecule has 1 saturated heterocycles. The highest BCUT2D eigenvalue weighted by molar-refractivity contribution is 5.80. The summed E-state index contributed by atoms with van der Waals surface area (Å²) >= 11 is 0. The van der Waals surface area contributed by atoms with Crippen molar-refractivity contribution in [3.8, 4) is 11.5 Å². The van der Waals surface area contributed by atoms with Crippen LogP contribution in [-0.2, 0) is 11.3 Å². The topological polar surface area (TPSA) is 71.6 Å². The van der Waals surface area contributed by atoms with Gasteiger partial charge in [-0.25, -0.2) is 9.82 Å². The van der Waals surface area contributed by atoms with E-state index in [4.69, 9.17) is 9.47 Å². The van der Waals surface area contributed by atoms with Gasteiger partial charge in [0.25, 0.3) is 0 Å². The third kappa shape index (κ3) is 3.29. The van der Waals surface area contributed by atoms with Gasteiger partial charge in [-0.15, -0.1) is 0 Å². The SMILES string of the molecule is O=C(NCc1ccc2c(c1)OCO2)C1CNNC1c1ccc(F)cc1. The van der Waals surface area contributed by atoms with E-state index >= 15 is 0 Å². The molecular formula is C18H18FN3O3. The highest BCUT2D eigenvalue weighted by atomic mass is 19.1. The van der Waals surface area contributed by atoms with Crippen molar-refractivity contribution in [2.24, 2.45) is 5.92 Å². The van der Waals surface area contributed by atoms with Crippen LogP contribution in [0.3, 0.4) is 0 Å². The number of fused-ring (bicyclic) bond motifs is 1. The Balaban J connectivity index is 1.41. The largest absolute Gasteiger partial charge is 0.454 e. The summed E-state index contributed by atoms with van der Waals surface area (Å²) < 4.78 is 23.7. The van der Waals surface area contributed by atoms with Gasteiger partial charge >= 0.3 is 0 Å². The maximum Gasteiger partial charge on any atom is 0.231 e. The van der Waals surface area contributed by atoms with E-state index in [-0.39, 0.29) is 30.5 Å². The molecular weight excluding hydrogens is 325 g/mol. The Bertz CT molecular complexity index is 782. The quantitative estimate of drug-likeness (QED) is 0.787. The number of ether oxygens (including phenoxy) is 2. The zero-order valence-electron chi connectivity index (χ0n) is 13.4. The molecule has 0 spiro atoms. The second kappa shape index (κ2) is 6.70. The molecule has 2 atom stereocenters. The van der Waals surface area contributed by atoms with Crippen LogP contribution in [0.1, 0.15) is 17.2 Å². The zero-order valence-corrected chi connectivity index (χ0v) is 13.4. The fourth-order valence-electron chi connectivity index (χ4n) is 3.10. The Morgan fingerprint density at radius 3 is 2.80 bits per heavy atom. The molecule has 0 radical (unpaired) electrons. The number of benzene rings is 2. The van der Waals surface area contributed by atoms with E-state index < -0.39 is 0 Å². The summed E-state index contributed by atoms with van der Waals surface area (Å²) in [5, 5.41) is 2.95. The van der Waals surface area contributed by atoms with Crippen LogP contribution in [0.5, 0.6) is 11.5 Å². The zero-order chi connectivity index (χ0) is 17.2. The Morgan fingerprint density at radius 2 is 1.96 bits per heavy atom. The first-order valence-corrected chi connectivity index (χ1v) is 8.11. The Kier molecular flexibility index (Phi) is 4.25. The minimum absolute atomic E-state index is 0.0653. The first kappa shape index (κ1) is 15.9. The number of halogens is 1. The molecule has 1 amide bonds. The lowest BCUT2D eigenvalue weighted by Crippen LogP contribution is -2.34. The van der Waals surface area contributed by atoms with E-state index in [1.807, 2.05) is 18.2 Å². The number of rotatable bonds is 4. The van der Waals surface area contributed by atoms with Crippen molar-refractivity contribution in [1.29, 1.82) is 0 Å². The molecule has 2 heterocycles. The van der Waals surface area contributed by atoms with Crippen LogP contribution in [-0.4, -0.2) is 19.2 Å². The van der Waals surface area contributed by atoms with E-state index in [9.17, 15) is 9.18 Å². The highest BCUT2D eigenvalue weighted by Crippen LogP contribution is 2.32. The minimum Gasteiger partial charge on any atom is -0.454 e. The number of amides is 1. The molecule has 3 N–H and O–H groups in total. The van der Waals surface area contributed by atoms with Crippen molar-refractivity contribution in [2.45, 2.75) is 12.6 Å². The van der Waals surface area contributed by atoms with Gasteiger partial charge in [0, 0.05) is 13.1 Å². The van der Waals surface area contributed by atoms with E-state index in [0.717, 1.165) is 16.9 Å². The van der Waals surface area contributed by atoms with Crippen LogP contribution in [0.15, 0.2) is 42.5 Å². The average molecular weight is 343 g/mol. The number of carbonyl (C=O) groups is 1. The van der Waals surface area contributed by atoms with E-state index in [1.165, 1.54) is 12.1 Å². The lowest BCUT2D eigenvalue weighted by Gasteiger charge is -2.18. The first-order chi connectivity index (χ1) is 12.2. The van der Waals surface area contributed by atoms with Crippen LogP contribution in [0.4, 0.5) is 4.39 Å². The molecule has 7 heteroatoms. The normalized spacial score (nSPS) is 21.3. The van der Waals surface area contributed by atoms with Gasteiger partial charge in [0.1, 0.15) is 5.82 Å². The molecule has 6 nitrogen and oxygen atoms in total. The van der Waals surface area contributed by atoms with Crippen LogP contribution in [0, 0.1) is 11.7 Å². The first-order valence-electron chi connectivity index (χ1n) is 8.11. The second-order valence-corrected chi connectivity index (χ2v) is 6.07. The molecule has 2 aromatic rings. The van der Waals surface area contributed by atoms with Crippen LogP contribution >= 0.6 is 0 Å². The molecule has 130 valence electrons. The molecule has 25 heavy (non-hydrogen) atoms. The van der Waals surface area contributed by atoms with Gasteiger partial charge in [0.2, 0.25) is 12.7 Å². The lowest BCUT2D eigenvalue weighted by molar-refractivity contribution is -0.125. The summed E-state index contributed by atoms with van der Waals surface area (Å²) in [4.78, 5) is 12.6. The standard InChI is InChI=1S/C18H18FN3O3/c19-13-4-2-12(3-5-13)17-14(9-21-22-17)18(23)20-8-11-1-6-15-16(7-11)25-10-24-15/h1-7,14,17,21-22H,8-10H2,(H,20,23). The number of nitrogens with one attached hydrogen (secondary N) is 3. The summed E-state index contributed by atoms with van der Waals surface area (Å²) in [7, 11) is 0. The molecule has 0 bridgehead atoms. The molecule has 0 aliphatic carbocycles. The number of hydrazine groups is 1. The number of carbonyl (C=O) groups excluding carboxylic acids is 1. The Labute approximate surface area is 144 Å². The molecule has 0 aromatic heterocycles. The van der Waals surface area contributed by atoms with Gasteiger partial charge < -0.3 is 14.8 Å². The Hall–Kier alpha value is -2.64. The predicted molar refractivity (Wildman–Crippen MR) is 88.2 cm³/mol. The number of hydrogen-bond acceptors (Lipinski definition) is 5. The molecule has 0 saturated carbocycles. The van der Waals surface area contributed by atoms with Gasteiger partial charge in [-0.2, -0.15) is 0 Å². The van der Waals surface area contributed by atoms with Crippen molar-refractivity contribution >= 4 is 5.91 Å². The van der Waals surface area contributed by atoms with Crippen LogP contribution < -0.4 is 25.6 Å². The molecule has 1 fully saturated rings. The summed E-state index contributed by atoms with van der Waals surface area (Å²) in [6, 6.07) is 11.6. The van der Waals surface area contributed by atoms with Gasteiger partial charge in [-0.3, -0.25) is 10.2 Å². The van der Waals surface area contributed by atoms with Gasteiger partial charge in [0.05, 0.1) is 12.0 Å². The third-order valence-corrected chi connectivity index (χ3v) is 4.45. The third-order valence-electron chi connectivity index (χ3n) is 4.45. The fourth-order valence-corrected chi connectivity index (χ4v) is 3.10. The fraction of sp³-hybridized carbons (Fsp3) is 0.278. The minimum atomic E-state index is -0.293. The summed E-state index contributed by atoms with van der Waals surface area (Å²) in [6.45, 7) is 1.14. The molecule has 2 aliphatic rings. The van der Waals surface area contributed by atoms with Gasteiger partial charge in [-0.05, 0) is 35.4 Å². The predicted octanol–water partition coefficient (Wildman–Crippen LogP) is 1.64. The van der Waals surface area contributed by atoms with E-state index in [0.29, 0.717) is 18.8 Å². The molecule has 4 rings (SSSR count). The molecule has 2 unspecified atom stereocenters.